The molecule has 32 heavy (non-hydrogen) atoms. The Hall–Kier alpha value is -3.01. The van der Waals surface area contributed by atoms with Crippen LogP contribution in [0, 0.1) is 17.5 Å². The van der Waals surface area contributed by atoms with E-state index in [4.69, 9.17) is 14.3 Å². The molecule has 0 aromatic heterocycles. The summed E-state index contributed by atoms with van der Waals surface area (Å²) in [5.41, 5.74) is 0.887. The van der Waals surface area contributed by atoms with Crippen LogP contribution in [0.5, 0.6) is 5.75 Å². The van der Waals surface area contributed by atoms with Crippen LogP contribution in [0.4, 0.5) is 24.5 Å². The summed E-state index contributed by atoms with van der Waals surface area (Å²) in [5.74, 6) is -4.25. The third kappa shape index (κ3) is 7.01. The Labute approximate surface area is 190 Å². The Morgan fingerprint density at radius 2 is 1.72 bits per heavy atom. The number of anilines is 2. The molecule has 1 heterocycles. The van der Waals surface area contributed by atoms with E-state index < -0.39 is 23.4 Å². The number of rotatable bonds is 4. The number of thiol groups is 1. The molecule has 1 N–H and O–H groups in total. The van der Waals surface area contributed by atoms with E-state index in [0.29, 0.717) is 11.3 Å². The maximum atomic E-state index is 13.4. The fraction of sp³-hybridized carbons (Fsp3) is 0.318. The highest BCUT2D eigenvalue weighted by Gasteiger charge is 2.21. The van der Waals surface area contributed by atoms with E-state index in [1.807, 2.05) is 13.6 Å². The summed E-state index contributed by atoms with van der Waals surface area (Å²) in [6, 6.07) is 6.39. The van der Waals surface area contributed by atoms with E-state index in [2.05, 4.69) is 22.8 Å². The molecular weight excluding hydrogens is 445 g/mol. The summed E-state index contributed by atoms with van der Waals surface area (Å²) in [6.07, 6.45) is 3.10. The second-order valence-corrected chi connectivity index (χ2v) is 7.42. The molecule has 2 aromatic carbocycles. The van der Waals surface area contributed by atoms with Crippen molar-refractivity contribution in [3.05, 3.63) is 53.3 Å². The molecular formula is C22H25F3N2O4S. The minimum absolute atomic E-state index is 0.163. The molecule has 1 atom stereocenters. The van der Waals surface area contributed by atoms with Crippen molar-refractivity contribution < 1.29 is 32.3 Å². The summed E-state index contributed by atoms with van der Waals surface area (Å²) in [7, 11) is 1.55. The smallest absolute Gasteiger partial charge is 0.255 e. The molecule has 1 aliphatic heterocycles. The van der Waals surface area contributed by atoms with Crippen LogP contribution in [-0.2, 0) is 9.59 Å². The van der Waals surface area contributed by atoms with Gasteiger partial charge in [-0.1, -0.05) is 6.42 Å². The number of carbonyl (C=O) groups excluding carboxylic acids is 3. The average Bonchev–Trinajstić information content (AvgIpc) is 3.03. The van der Waals surface area contributed by atoms with Gasteiger partial charge in [-0.15, -0.1) is 0 Å². The van der Waals surface area contributed by atoms with Gasteiger partial charge in [0.15, 0.2) is 17.5 Å². The van der Waals surface area contributed by atoms with Gasteiger partial charge in [0, 0.05) is 41.7 Å². The van der Waals surface area contributed by atoms with E-state index in [1.54, 1.807) is 25.3 Å². The standard InChI is InChI=1S/C20H21F3N2O2S.2CH2O/c1-27-18-6-5-12(8-17(18)25-7-3-2-4-14(28)11-25)20(26)24-13-9-15(21)19(23)16(22)10-13;2*1-2/h5-6,8-10,14,28H,2-4,7,11H2,1H3,(H,24,26);2*1H2. The molecule has 0 saturated carbocycles. The number of benzene rings is 2. The van der Waals surface area contributed by atoms with Crippen molar-refractivity contribution >= 4 is 43.5 Å². The van der Waals surface area contributed by atoms with Gasteiger partial charge in [0.2, 0.25) is 0 Å². The molecule has 2 aromatic rings. The van der Waals surface area contributed by atoms with Gasteiger partial charge in [0.1, 0.15) is 19.3 Å². The maximum absolute atomic E-state index is 13.4. The second-order valence-electron chi connectivity index (χ2n) is 6.69. The van der Waals surface area contributed by atoms with Crippen LogP contribution < -0.4 is 15.0 Å². The molecule has 1 saturated heterocycles. The van der Waals surface area contributed by atoms with Gasteiger partial charge < -0.3 is 24.5 Å². The SMILES string of the molecule is C=O.C=O.COc1ccc(C(=O)Nc2cc(F)c(F)c(F)c2)cc1N1CCCCC(S)C1. The Balaban J connectivity index is 0.00000121. The molecule has 0 spiro atoms. The van der Waals surface area contributed by atoms with E-state index >= 15 is 0 Å². The molecule has 0 radical (unpaired) electrons. The molecule has 1 amide bonds. The number of methoxy groups -OCH3 is 1. The van der Waals surface area contributed by atoms with E-state index in [-0.39, 0.29) is 10.9 Å². The van der Waals surface area contributed by atoms with Crippen molar-refractivity contribution in [2.24, 2.45) is 0 Å². The number of carbonyl (C=O) groups is 3. The predicted molar refractivity (Wildman–Crippen MR) is 120 cm³/mol. The minimum atomic E-state index is -1.58. The first-order chi connectivity index (χ1) is 15.4. The van der Waals surface area contributed by atoms with Gasteiger partial charge in [-0.05, 0) is 31.0 Å². The van der Waals surface area contributed by atoms with E-state index in [1.165, 1.54) is 0 Å². The molecule has 6 nitrogen and oxygen atoms in total. The number of halogens is 3. The number of ether oxygens (including phenoxy) is 1. The first-order valence-corrected chi connectivity index (χ1v) is 10.1. The zero-order chi connectivity index (χ0) is 24.3. The summed E-state index contributed by atoms with van der Waals surface area (Å²) < 4.78 is 45.3. The van der Waals surface area contributed by atoms with Gasteiger partial charge in [0.25, 0.3) is 5.91 Å². The lowest BCUT2D eigenvalue weighted by molar-refractivity contribution is -0.0987. The lowest BCUT2D eigenvalue weighted by Gasteiger charge is -2.27. The van der Waals surface area contributed by atoms with Crippen molar-refractivity contribution in [2.45, 2.75) is 24.5 Å². The average molecular weight is 471 g/mol. The largest absolute Gasteiger partial charge is 0.495 e. The van der Waals surface area contributed by atoms with Crippen molar-refractivity contribution in [3.63, 3.8) is 0 Å². The molecule has 1 unspecified atom stereocenters. The molecule has 3 rings (SSSR count). The zero-order valence-electron chi connectivity index (χ0n) is 17.6. The van der Waals surface area contributed by atoms with Crippen LogP contribution in [0.1, 0.15) is 29.6 Å². The van der Waals surface area contributed by atoms with Crippen LogP contribution in [0.2, 0.25) is 0 Å². The first kappa shape index (κ1) is 27.0. The van der Waals surface area contributed by atoms with E-state index in [0.717, 1.165) is 50.2 Å². The molecule has 1 fully saturated rings. The highest BCUT2D eigenvalue weighted by Crippen LogP contribution is 2.32. The van der Waals surface area contributed by atoms with Crippen LogP contribution in [-0.4, -0.2) is 44.9 Å². The molecule has 1 aliphatic rings. The number of hydrogen-bond donors (Lipinski definition) is 2. The van der Waals surface area contributed by atoms with Gasteiger partial charge in [-0.3, -0.25) is 4.79 Å². The Morgan fingerprint density at radius 3 is 2.31 bits per heavy atom. The summed E-state index contributed by atoms with van der Waals surface area (Å²) in [6.45, 7) is 5.53. The van der Waals surface area contributed by atoms with E-state index in [9.17, 15) is 18.0 Å². The van der Waals surface area contributed by atoms with Crippen LogP contribution in [0.25, 0.3) is 0 Å². The van der Waals surface area contributed by atoms with Gasteiger partial charge in [-0.2, -0.15) is 12.6 Å². The first-order valence-electron chi connectivity index (χ1n) is 9.53. The normalized spacial score (nSPS) is 15.3. The number of nitrogens with zero attached hydrogens (tertiary/aromatic N) is 1. The van der Waals surface area contributed by atoms with Crippen LogP contribution in [0.15, 0.2) is 30.3 Å². The molecule has 10 heteroatoms. The third-order valence-corrected chi connectivity index (χ3v) is 5.09. The monoisotopic (exact) mass is 470 g/mol. The van der Waals surface area contributed by atoms with Crippen LogP contribution >= 0.6 is 12.6 Å². The Kier molecular flexibility index (Phi) is 11.3. The molecule has 0 aliphatic carbocycles. The fourth-order valence-electron chi connectivity index (χ4n) is 3.25. The van der Waals surface area contributed by atoms with Crippen molar-refractivity contribution in [2.75, 3.05) is 30.4 Å². The number of hydrogen-bond acceptors (Lipinski definition) is 6. The highest BCUT2D eigenvalue weighted by molar-refractivity contribution is 7.81. The minimum Gasteiger partial charge on any atom is -0.495 e. The molecule has 174 valence electrons. The summed E-state index contributed by atoms with van der Waals surface area (Å²) in [4.78, 5) is 30.7. The van der Waals surface area contributed by atoms with Crippen molar-refractivity contribution in [1.82, 2.24) is 0 Å². The fourth-order valence-corrected chi connectivity index (χ4v) is 3.63. The van der Waals surface area contributed by atoms with Gasteiger partial charge in [-0.25, -0.2) is 13.2 Å². The van der Waals surface area contributed by atoms with Gasteiger partial charge >= 0.3 is 0 Å². The number of nitrogens with one attached hydrogen (secondary N) is 1. The topological polar surface area (TPSA) is 75.7 Å². The quantitative estimate of drug-likeness (QED) is 0.515. The van der Waals surface area contributed by atoms with Crippen molar-refractivity contribution in [3.8, 4) is 5.75 Å². The third-order valence-electron chi connectivity index (χ3n) is 4.67. The maximum Gasteiger partial charge on any atom is 0.255 e. The molecule has 0 bridgehead atoms. The lowest BCUT2D eigenvalue weighted by Crippen LogP contribution is -2.29. The zero-order valence-corrected chi connectivity index (χ0v) is 18.5. The predicted octanol–water partition coefficient (Wildman–Crippen LogP) is 4.28. The summed E-state index contributed by atoms with van der Waals surface area (Å²) in [5, 5.41) is 2.61. The lowest BCUT2D eigenvalue weighted by atomic mass is 10.1. The number of amides is 1. The van der Waals surface area contributed by atoms with Crippen molar-refractivity contribution in [1.29, 1.82) is 0 Å². The Morgan fingerprint density at radius 1 is 1.09 bits per heavy atom. The summed E-state index contributed by atoms with van der Waals surface area (Å²) >= 11 is 4.60. The van der Waals surface area contributed by atoms with Crippen LogP contribution in [0.3, 0.4) is 0 Å². The Bertz CT molecular complexity index is 892. The highest BCUT2D eigenvalue weighted by atomic mass is 32.1. The second kappa shape index (κ2) is 13.4. The van der Waals surface area contributed by atoms with Gasteiger partial charge in [0.05, 0.1) is 12.8 Å².